The number of hydrogen-bond acceptors (Lipinski definition) is 4. The van der Waals surface area contributed by atoms with E-state index in [9.17, 15) is 14.4 Å². The van der Waals surface area contributed by atoms with E-state index in [0.29, 0.717) is 4.88 Å². The van der Waals surface area contributed by atoms with E-state index in [4.69, 9.17) is 0 Å². The molecular weight excluding hydrogens is 338 g/mol. The van der Waals surface area contributed by atoms with Gasteiger partial charge in [-0.15, -0.1) is 11.3 Å². The quantitative estimate of drug-likeness (QED) is 0.675. The third kappa shape index (κ3) is 6.04. The maximum absolute atomic E-state index is 11.9. The normalized spacial score (nSPS) is 10.1. The zero-order chi connectivity index (χ0) is 18.1. The first-order valence-electron chi connectivity index (χ1n) is 8.06. The van der Waals surface area contributed by atoms with Gasteiger partial charge in [-0.2, -0.15) is 0 Å². The number of para-hydroxylation sites is 1. The van der Waals surface area contributed by atoms with E-state index in [1.807, 2.05) is 36.6 Å². The van der Waals surface area contributed by atoms with Crippen LogP contribution in [0.15, 0.2) is 41.8 Å². The number of anilines is 1. The van der Waals surface area contributed by atoms with Gasteiger partial charge < -0.3 is 16.0 Å². The lowest BCUT2D eigenvalue weighted by molar-refractivity contribution is -0.124. The Hall–Kier alpha value is -2.67. The second-order valence-corrected chi connectivity index (χ2v) is 6.27. The van der Waals surface area contributed by atoms with Gasteiger partial charge in [0, 0.05) is 18.7 Å². The second kappa shape index (κ2) is 9.58. The zero-order valence-electron chi connectivity index (χ0n) is 14.0. The van der Waals surface area contributed by atoms with Gasteiger partial charge in [0.1, 0.15) is 0 Å². The molecule has 132 valence electrons. The van der Waals surface area contributed by atoms with Gasteiger partial charge in [-0.25, -0.2) is 0 Å². The molecule has 1 aromatic heterocycles. The minimum atomic E-state index is -0.287. The highest BCUT2D eigenvalue weighted by Crippen LogP contribution is 2.14. The van der Waals surface area contributed by atoms with E-state index >= 15 is 0 Å². The van der Waals surface area contributed by atoms with Crippen molar-refractivity contribution in [1.29, 1.82) is 0 Å². The predicted molar refractivity (Wildman–Crippen MR) is 98.7 cm³/mol. The molecular formula is C18H21N3O3S. The molecule has 0 saturated heterocycles. The third-order valence-electron chi connectivity index (χ3n) is 3.50. The molecule has 0 aliphatic heterocycles. The van der Waals surface area contributed by atoms with Crippen molar-refractivity contribution in [2.75, 3.05) is 18.4 Å². The number of nitrogens with one attached hydrogen (secondary N) is 3. The van der Waals surface area contributed by atoms with Gasteiger partial charge in [0.15, 0.2) is 0 Å². The first kappa shape index (κ1) is 18.7. The summed E-state index contributed by atoms with van der Waals surface area (Å²) in [5.74, 6) is -0.765. The lowest BCUT2D eigenvalue weighted by atomic mass is 10.1. The smallest absolute Gasteiger partial charge is 0.261 e. The Morgan fingerprint density at radius 2 is 1.80 bits per heavy atom. The summed E-state index contributed by atoms with van der Waals surface area (Å²) in [6.45, 7) is 2.13. The molecule has 2 aromatic rings. The van der Waals surface area contributed by atoms with Crippen molar-refractivity contribution >= 4 is 34.7 Å². The molecule has 0 unspecified atom stereocenters. The second-order valence-electron chi connectivity index (χ2n) is 5.32. The molecule has 7 heteroatoms. The SMILES string of the molecule is CCc1ccccc1NC(=O)CNC(=O)CCNC(=O)c1cccs1. The summed E-state index contributed by atoms with van der Waals surface area (Å²) >= 11 is 1.34. The first-order valence-corrected chi connectivity index (χ1v) is 8.94. The van der Waals surface area contributed by atoms with E-state index in [0.717, 1.165) is 17.7 Å². The third-order valence-corrected chi connectivity index (χ3v) is 4.37. The zero-order valence-corrected chi connectivity index (χ0v) is 14.8. The van der Waals surface area contributed by atoms with Gasteiger partial charge in [0.2, 0.25) is 11.8 Å². The van der Waals surface area contributed by atoms with Crippen LogP contribution < -0.4 is 16.0 Å². The molecule has 1 aromatic carbocycles. The van der Waals surface area contributed by atoms with Crippen LogP contribution in [0.25, 0.3) is 0 Å². The fourth-order valence-corrected chi connectivity index (χ4v) is 2.84. The molecule has 0 bridgehead atoms. The summed E-state index contributed by atoms with van der Waals surface area (Å²) in [6, 6.07) is 11.1. The number of thiophene rings is 1. The Balaban J connectivity index is 1.67. The number of rotatable bonds is 8. The largest absolute Gasteiger partial charge is 0.351 e. The highest BCUT2D eigenvalue weighted by Gasteiger charge is 2.09. The minimum absolute atomic E-state index is 0.101. The highest BCUT2D eigenvalue weighted by atomic mass is 32.1. The minimum Gasteiger partial charge on any atom is -0.351 e. The number of hydrogen-bond donors (Lipinski definition) is 3. The average Bonchev–Trinajstić information content (AvgIpc) is 3.15. The molecule has 0 fully saturated rings. The van der Waals surface area contributed by atoms with E-state index in [2.05, 4.69) is 16.0 Å². The summed E-state index contributed by atoms with van der Waals surface area (Å²) in [5.41, 5.74) is 1.80. The van der Waals surface area contributed by atoms with Gasteiger partial charge in [0.25, 0.3) is 5.91 Å². The van der Waals surface area contributed by atoms with Crippen LogP contribution in [-0.4, -0.2) is 30.8 Å². The monoisotopic (exact) mass is 359 g/mol. The number of carbonyl (C=O) groups excluding carboxylic acids is 3. The molecule has 3 amide bonds. The van der Waals surface area contributed by atoms with Crippen molar-refractivity contribution in [1.82, 2.24) is 10.6 Å². The Morgan fingerprint density at radius 1 is 1.00 bits per heavy atom. The standard InChI is InChI=1S/C18H21N3O3S/c1-2-13-6-3-4-7-14(13)21-17(23)12-20-16(22)9-10-19-18(24)15-8-5-11-25-15/h3-8,11H,2,9-10,12H2,1H3,(H,19,24)(H,20,22)(H,21,23). The van der Waals surface area contributed by atoms with Crippen LogP contribution in [0.4, 0.5) is 5.69 Å². The Kier molecular flexibility index (Phi) is 7.16. The van der Waals surface area contributed by atoms with E-state index < -0.39 is 0 Å². The van der Waals surface area contributed by atoms with Crippen LogP contribution >= 0.6 is 11.3 Å². The summed E-state index contributed by atoms with van der Waals surface area (Å²) in [4.78, 5) is 36.0. The summed E-state index contributed by atoms with van der Waals surface area (Å²) in [7, 11) is 0. The van der Waals surface area contributed by atoms with Gasteiger partial charge >= 0.3 is 0 Å². The van der Waals surface area contributed by atoms with Crippen molar-refractivity contribution in [2.24, 2.45) is 0 Å². The molecule has 0 saturated carbocycles. The highest BCUT2D eigenvalue weighted by molar-refractivity contribution is 7.12. The molecule has 0 atom stereocenters. The van der Waals surface area contributed by atoms with Gasteiger partial charge in [-0.05, 0) is 29.5 Å². The molecule has 0 radical (unpaired) electrons. The van der Waals surface area contributed by atoms with Crippen LogP contribution in [0.1, 0.15) is 28.6 Å². The van der Waals surface area contributed by atoms with Gasteiger partial charge in [-0.3, -0.25) is 14.4 Å². The van der Waals surface area contributed by atoms with Crippen LogP contribution in [-0.2, 0) is 16.0 Å². The maximum Gasteiger partial charge on any atom is 0.261 e. The van der Waals surface area contributed by atoms with Gasteiger partial charge in [-0.1, -0.05) is 31.2 Å². The van der Waals surface area contributed by atoms with Crippen LogP contribution in [0.5, 0.6) is 0 Å². The Labute approximate surface area is 150 Å². The van der Waals surface area contributed by atoms with Crippen molar-refractivity contribution in [3.63, 3.8) is 0 Å². The number of benzene rings is 1. The molecule has 0 spiro atoms. The molecule has 3 N–H and O–H groups in total. The number of carbonyl (C=O) groups is 3. The predicted octanol–water partition coefficient (Wildman–Crippen LogP) is 2.19. The lowest BCUT2D eigenvalue weighted by Crippen LogP contribution is -2.35. The van der Waals surface area contributed by atoms with E-state index in [1.54, 1.807) is 12.1 Å². The average molecular weight is 359 g/mol. The summed E-state index contributed by atoms with van der Waals surface area (Å²) < 4.78 is 0. The molecule has 1 heterocycles. The number of aryl methyl sites for hydroxylation is 1. The Morgan fingerprint density at radius 3 is 2.52 bits per heavy atom. The van der Waals surface area contributed by atoms with Crippen LogP contribution in [0.3, 0.4) is 0 Å². The molecule has 25 heavy (non-hydrogen) atoms. The fourth-order valence-electron chi connectivity index (χ4n) is 2.20. The van der Waals surface area contributed by atoms with E-state index in [1.165, 1.54) is 11.3 Å². The summed E-state index contributed by atoms with van der Waals surface area (Å²) in [6.07, 6.45) is 0.933. The summed E-state index contributed by atoms with van der Waals surface area (Å²) in [5, 5.41) is 9.82. The topological polar surface area (TPSA) is 87.3 Å². The van der Waals surface area contributed by atoms with Crippen LogP contribution in [0.2, 0.25) is 0 Å². The van der Waals surface area contributed by atoms with Gasteiger partial charge in [0.05, 0.1) is 11.4 Å². The molecule has 0 aliphatic rings. The molecule has 2 rings (SSSR count). The number of amides is 3. The first-order chi connectivity index (χ1) is 12.1. The van der Waals surface area contributed by atoms with Crippen molar-refractivity contribution in [3.8, 4) is 0 Å². The Bertz CT molecular complexity index is 729. The maximum atomic E-state index is 11.9. The van der Waals surface area contributed by atoms with Crippen LogP contribution in [0, 0.1) is 0 Å². The van der Waals surface area contributed by atoms with Crippen molar-refractivity contribution < 1.29 is 14.4 Å². The van der Waals surface area contributed by atoms with Crippen molar-refractivity contribution in [2.45, 2.75) is 19.8 Å². The van der Waals surface area contributed by atoms with E-state index in [-0.39, 0.29) is 37.2 Å². The fraction of sp³-hybridized carbons (Fsp3) is 0.278. The molecule has 0 aliphatic carbocycles. The molecule has 6 nitrogen and oxygen atoms in total. The van der Waals surface area contributed by atoms with Crippen molar-refractivity contribution in [3.05, 3.63) is 52.2 Å². The lowest BCUT2D eigenvalue weighted by Gasteiger charge is -2.10.